The summed E-state index contributed by atoms with van der Waals surface area (Å²) < 4.78 is 0. The number of hydrogen-bond donors (Lipinski definition) is 0. The van der Waals surface area contributed by atoms with E-state index in [2.05, 4.69) is 13.5 Å². The first-order valence-corrected chi connectivity index (χ1v) is 7.02. The lowest BCUT2D eigenvalue weighted by molar-refractivity contribution is 0.0979. The molecule has 0 heterocycles. The lowest BCUT2D eigenvalue weighted by Gasteiger charge is -2.03. The van der Waals surface area contributed by atoms with Crippen molar-refractivity contribution in [3.05, 3.63) is 42.0 Å². The van der Waals surface area contributed by atoms with Crippen molar-refractivity contribution in [3.63, 3.8) is 0 Å². The topological polar surface area (TPSA) is 17.1 Å². The van der Waals surface area contributed by atoms with Gasteiger partial charge in [-0.05, 0) is 25.5 Å². The molecule has 0 atom stereocenters. The summed E-state index contributed by atoms with van der Waals surface area (Å²) in [5.74, 6) is 1.19. The Bertz CT molecular complexity index is 378. The van der Waals surface area contributed by atoms with Crippen molar-refractivity contribution in [2.45, 2.75) is 38.0 Å². The molecule has 0 fully saturated rings. The maximum Gasteiger partial charge on any atom is 0.162 e. The van der Waals surface area contributed by atoms with Crippen LogP contribution in [0.1, 0.15) is 43.5 Å². The van der Waals surface area contributed by atoms with Crippen molar-refractivity contribution >= 4 is 17.5 Å². The summed E-state index contributed by atoms with van der Waals surface area (Å²) in [5.41, 5.74) is 2.00. The molecule has 1 aromatic carbocycles. The fourth-order valence-corrected chi connectivity index (χ4v) is 2.17. The average molecular weight is 248 g/mol. The lowest BCUT2D eigenvalue weighted by Crippen LogP contribution is -1.98. The van der Waals surface area contributed by atoms with E-state index in [9.17, 15) is 4.79 Å². The Hall–Kier alpha value is -1.02. The van der Waals surface area contributed by atoms with Crippen molar-refractivity contribution < 1.29 is 4.79 Å². The first kappa shape index (κ1) is 14.0. The van der Waals surface area contributed by atoms with Gasteiger partial charge in [0, 0.05) is 22.6 Å². The van der Waals surface area contributed by atoms with Crippen LogP contribution in [0.2, 0.25) is 0 Å². The summed E-state index contributed by atoms with van der Waals surface area (Å²) in [6, 6.07) is 7.90. The second-order valence-corrected chi connectivity index (χ2v) is 5.35. The van der Waals surface area contributed by atoms with Crippen molar-refractivity contribution in [3.8, 4) is 0 Å². The first-order valence-electron chi connectivity index (χ1n) is 6.04. The molecule has 1 aromatic rings. The van der Waals surface area contributed by atoms with E-state index in [-0.39, 0.29) is 5.78 Å². The third-order valence-electron chi connectivity index (χ3n) is 2.42. The van der Waals surface area contributed by atoms with Crippen molar-refractivity contribution in [2.75, 3.05) is 5.75 Å². The summed E-state index contributed by atoms with van der Waals surface area (Å²) in [5, 5.41) is 0. The zero-order valence-electron chi connectivity index (χ0n) is 10.7. The van der Waals surface area contributed by atoms with Crippen LogP contribution in [0.3, 0.4) is 0 Å². The Morgan fingerprint density at radius 1 is 1.29 bits per heavy atom. The molecule has 0 aromatic heterocycles. The van der Waals surface area contributed by atoms with Crippen molar-refractivity contribution in [1.29, 1.82) is 0 Å². The SMILES string of the molecule is C=C(C)CSc1ccc(C(=O)CCCC)cc1. The molecule has 1 nitrogen and oxygen atoms in total. The van der Waals surface area contributed by atoms with Gasteiger partial charge in [-0.2, -0.15) is 0 Å². The van der Waals surface area contributed by atoms with Gasteiger partial charge in [0.2, 0.25) is 0 Å². The number of ketones is 1. The van der Waals surface area contributed by atoms with Crippen LogP contribution in [0, 0.1) is 0 Å². The van der Waals surface area contributed by atoms with Gasteiger partial charge in [-0.25, -0.2) is 0 Å². The molecule has 1 rings (SSSR count). The molecular formula is C15H20OS. The monoisotopic (exact) mass is 248 g/mol. The predicted molar refractivity (Wildman–Crippen MR) is 75.8 cm³/mol. The number of rotatable bonds is 7. The highest BCUT2D eigenvalue weighted by atomic mass is 32.2. The molecule has 0 saturated heterocycles. The van der Waals surface area contributed by atoms with Crippen LogP contribution in [0.25, 0.3) is 0 Å². The van der Waals surface area contributed by atoms with Crippen LogP contribution in [0.4, 0.5) is 0 Å². The zero-order valence-corrected chi connectivity index (χ0v) is 11.5. The maximum atomic E-state index is 11.8. The smallest absolute Gasteiger partial charge is 0.162 e. The molecule has 0 unspecified atom stereocenters. The van der Waals surface area contributed by atoms with E-state index < -0.39 is 0 Å². The van der Waals surface area contributed by atoms with E-state index >= 15 is 0 Å². The Labute approximate surface area is 108 Å². The lowest BCUT2D eigenvalue weighted by atomic mass is 10.1. The predicted octanol–water partition coefficient (Wildman–Crippen LogP) is 4.73. The molecule has 0 N–H and O–H groups in total. The summed E-state index contributed by atoms with van der Waals surface area (Å²) >= 11 is 1.76. The van der Waals surface area contributed by atoms with Gasteiger partial charge in [-0.1, -0.05) is 37.6 Å². The molecule has 0 spiro atoms. The highest BCUT2D eigenvalue weighted by Crippen LogP contribution is 2.20. The van der Waals surface area contributed by atoms with E-state index in [1.165, 1.54) is 4.90 Å². The van der Waals surface area contributed by atoms with Gasteiger partial charge in [-0.15, -0.1) is 11.8 Å². The fraction of sp³-hybridized carbons (Fsp3) is 0.400. The van der Waals surface area contributed by atoms with Gasteiger partial charge in [0.25, 0.3) is 0 Å². The second kappa shape index (κ2) is 7.33. The highest BCUT2D eigenvalue weighted by Gasteiger charge is 2.04. The van der Waals surface area contributed by atoms with Crippen LogP contribution in [0.15, 0.2) is 41.3 Å². The van der Waals surface area contributed by atoms with Crippen LogP contribution in [-0.4, -0.2) is 11.5 Å². The Balaban J connectivity index is 2.55. The molecule has 0 saturated carbocycles. The van der Waals surface area contributed by atoms with Crippen LogP contribution in [-0.2, 0) is 0 Å². The Kier molecular flexibility index (Phi) is 6.06. The normalized spacial score (nSPS) is 10.2. The largest absolute Gasteiger partial charge is 0.294 e. The molecule has 0 aliphatic heterocycles. The molecule has 0 radical (unpaired) electrons. The minimum Gasteiger partial charge on any atom is -0.294 e. The van der Waals surface area contributed by atoms with Gasteiger partial charge >= 0.3 is 0 Å². The summed E-state index contributed by atoms with van der Waals surface area (Å²) in [4.78, 5) is 13.0. The summed E-state index contributed by atoms with van der Waals surface area (Å²) in [7, 11) is 0. The number of unbranched alkanes of at least 4 members (excludes halogenated alkanes) is 1. The third kappa shape index (κ3) is 5.22. The van der Waals surface area contributed by atoms with E-state index in [0.29, 0.717) is 6.42 Å². The molecule has 0 bridgehead atoms. The minimum atomic E-state index is 0.253. The maximum absolute atomic E-state index is 11.8. The Morgan fingerprint density at radius 2 is 1.94 bits per heavy atom. The third-order valence-corrected chi connectivity index (χ3v) is 3.66. The van der Waals surface area contributed by atoms with Crippen LogP contribution in [0.5, 0.6) is 0 Å². The zero-order chi connectivity index (χ0) is 12.7. The van der Waals surface area contributed by atoms with E-state index in [4.69, 9.17) is 0 Å². The number of carbonyl (C=O) groups excluding carboxylic acids is 1. The number of hydrogen-bond acceptors (Lipinski definition) is 2. The molecule has 0 aliphatic rings. The Morgan fingerprint density at radius 3 is 2.47 bits per heavy atom. The number of thioether (sulfide) groups is 1. The standard InChI is InChI=1S/C15H20OS/c1-4-5-6-15(16)13-7-9-14(10-8-13)17-11-12(2)3/h7-10H,2,4-6,11H2,1,3H3. The number of benzene rings is 1. The second-order valence-electron chi connectivity index (χ2n) is 4.30. The van der Waals surface area contributed by atoms with Gasteiger partial charge < -0.3 is 0 Å². The number of Topliss-reactive ketones (excluding diaryl/α,β-unsaturated/α-hetero) is 1. The van der Waals surface area contributed by atoms with Gasteiger partial charge in [0.05, 0.1) is 0 Å². The summed E-state index contributed by atoms with van der Waals surface area (Å²) in [6.45, 7) is 8.00. The average Bonchev–Trinajstić information content (AvgIpc) is 2.34. The van der Waals surface area contributed by atoms with Crippen LogP contribution < -0.4 is 0 Å². The van der Waals surface area contributed by atoms with Crippen molar-refractivity contribution in [2.24, 2.45) is 0 Å². The van der Waals surface area contributed by atoms with Gasteiger partial charge in [0.15, 0.2) is 5.78 Å². The minimum absolute atomic E-state index is 0.253. The summed E-state index contributed by atoms with van der Waals surface area (Å²) in [6.07, 6.45) is 2.71. The van der Waals surface area contributed by atoms with Gasteiger partial charge in [-0.3, -0.25) is 4.79 Å². The first-order chi connectivity index (χ1) is 8.13. The fourth-order valence-electron chi connectivity index (χ4n) is 1.43. The van der Waals surface area contributed by atoms with Crippen molar-refractivity contribution in [1.82, 2.24) is 0 Å². The molecule has 17 heavy (non-hydrogen) atoms. The molecular weight excluding hydrogens is 228 g/mol. The quantitative estimate of drug-likeness (QED) is 0.394. The van der Waals surface area contributed by atoms with E-state index in [1.54, 1.807) is 11.8 Å². The highest BCUT2D eigenvalue weighted by molar-refractivity contribution is 7.99. The molecule has 2 heteroatoms. The molecule has 92 valence electrons. The number of carbonyl (C=O) groups is 1. The molecule has 0 aliphatic carbocycles. The molecule has 0 amide bonds. The van der Waals surface area contributed by atoms with Crippen LogP contribution >= 0.6 is 11.8 Å². The van der Waals surface area contributed by atoms with Gasteiger partial charge in [0.1, 0.15) is 0 Å². The van der Waals surface area contributed by atoms with E-state index in [0.717, 1.165) is 29.7 Å². The van der Waals surface area contributed by atoms with E-state index in [1.807, 2.05) is 31.2 Å².